The average molecular weight is 359 g/mol. The molecule has 0 spiro atoms. The molecule has 0 radical (unpaired) electrons. The molecule has 0 aliphatic rings. The van der Waals surface area contributed by atoms with Crippen molar-refractivity contribution in [3.8, 4) is 17.3 Å². The lowest BCUT2D eigenvalue weighted by atomic mass is 10.2. The molecule has 0 bridgehead atoms. The van der Waals surface area contributed by atoms with E-state index >= 15 is 0 Å². The minimum atomic E-state index is -0.140. The Morgan fingerprint density at radius 2 is 2.16 bits per heavy atom. The topological polar surface area (TPSA) is 108 Å². The van der Waals surface area contributed by atoms with Crippen molar-refractivity contribution in [2.24, 2.45) is 0 Å². The number of furan rings is 1. The lowest BCUT2D eigenvalue weighted by Gasteiger charge is -2.09. The molecule has 25 heavy (non-hydrogen) atoms. The molecule has 130 valence electrons. The molecule has 0 saturated carbocycles. The van der Waals surface area contributed by atoms with Crippen LogP contribution in [0.4, 0.5) is 0 Å². The second-order valence-electron chi connectivity index (χ2n) is 5.03. The summed E-state index contributed by atoms with van der Waals surface area (Å²) in [6.07, 6.45) is 1.53. The van der Waals surface area contributed by atoms with Crippen LogP contribution < -0.4 is 15.9 Å². The Morgan fingerprint density at radius 1 is 1.32 bits per heavy atom. The van der Waals surface area contributed by atoms with Gasteiger partial charge in [-0.15, -0.1) is 10.2 Å². The first-order chi connectivity index (χ1) is 12.2. The fourth-order valence-corrected chi connectivity index (χ4v) is 2.86. The maximum absolute atomic E-state index is 12.0. The molecule has 0 saturated heterocycles. The Labute approximate surface area is 148 Å². The van der Waals surface area contributed by atoms with E-state index in [4.69, 9.17) is 15.0 Å². The van der Waals surface area contributed by atoms with Crippen molar-refractivity contribution in [2.75, 3.05) is 18.7 Å². The van der Waals surface area contributed by atoms with Crippen molar-refractivity contribution in [3.63, 3.8) is 0 Å². The van der Waals surface area contributed by atoms with Crippen LogP contribution in [0.2, 0.25) is 0 Å². The number of para-hydroxylation sites is 1. The minimum absolute atomic E-state index is 0.140. The lowest BCUT2D eigenvalue weighted by molar-refractivity contribution is -0.118. The van der Waals surface area contributed by atoms with Gasteiger partial charge in [0.25, 0.3) is 0 Å². The maximum atomic E-state index is 12.0. The molecule has 2 aromatic heterocycles. The summed E-state index contributed by atoms with van der Waals surface area (Å²) >= 11 is 1.20. The summed E-state index contributed by atoms with van der Waals surface area (Å²) in [7, 11) is 1.60. The number of thioether (sulfide) groups is 1. The second kappa shape index (κ2) is 7.75. The Bertz CT molecular complexity index is 847. The first-order valence-electron chi connectivity index (χ1n) is 7.45. The van der Waals surface area contributed by atoms with Gasteiger partial charge in [-0.2, -0.15) is 0 Å². The molecule has 9 heteroatoms. The summed E-state index contributed by atoms with van der Waals surface area (Å²) in [6, 6.07) is 11.0. The van der Waals surface area contributed by atoms with Crippen molar-refractivity contribution in [1.82, 2.24) is 20.2 Å². The molecule has 0 aliphatic carbocycles. The number of nitrogens with zero attached hydrogens (tertiary/aromatic N) is 3. The highest BCUT2D eigenvalue weighted by atomic mass is 32.2. The van der Waals surface area contributed by atoms with Gasteiger partial charge in [0.2, 0.25) is 16.9 Å². The van der Waals surface area contributed by atoms with Crippen LogP contribution in [0.5, 0.6) is 5.75 Å². The number of methoxy groups -OCH3 is 1. The highest BCUT2D eigenvalue weighted by molar-refractivity contribution is 7.99. The third kappa shape index (κ3) is 3.94. The van der Waals surface area contributed by atoms with E-state index in [2.05, 4.69) is 15.5 Å². The maximum Gasteiger partial charge on any atom is 0.230 e. The zero-order chi connectivity index (χ0) is 17.6. The van der Waals surface area contributed by atoms with Crippen molar-refractivity contribution in [2.45, 2.75) is 11.7 Å². The third-order valence-corrected chi connectivity index (χ3v) is 4.35. The second-order valence-corrected chi connectivity index (χ2v) is 5.97. The normalized spacial score (nSPS) is 10.6. The Hall–Kier alpha value is -2.94. The molecule has 3 rings (SSSR count). The van der Waals surface area contributed by atoms with E-state index in [1.165, 1.54) is 22.7 Å². The van der Waals surface area contributed by atoms with Crippen LogP contribution >= 0.6 is 11.8 Å². The van der Waals surface area contributed by atoms with E-state index in [1.54, 1.807) is 19.2 Å². The number of nitrogens with one attached hydrogen (secondary N) is 1. The number of carbonyl (C=O) groups excluding carboxylic acids is 1. The number of hydrogen-bond donors (Lipinski definition) is 2. The number of rotatable bonds is 7. The quantitative estimate of drug-likeness (QED) is 0.488. The van der Waals surface area contributed by atoms with Gasteiger partial charge in [0.15, 0.2) is 5.76 Å². The number of ether oxygens (including phenoxy) is 1. The van der Waals surface area contributed by atoms with E-state index in [9.17, 15) is 4.79 Å². The van der Waals surface area contributed by atoms with Crippen molar-refractivity contribution in [1.29, 1.82) is 0 Å². The van der Waals surface area contributed by atoms with Gasteiger partial charge in [0.1, 0.15) is 5.75 Å². The predicted octanol–water partition coefficient (Wildman–Crippen LogP) is 1.67. The number of amides is 1. The van der Waals surface area contributed by atoms with Gasteiger partial charge >= 0.3 is 0 Å². The molecule has 0 atom stereocenters. The average Bonchev–Trinajstić information content (AvgIpc) is 3.28. The molecule has 1 aromatic carbocycles. The van der Waals surface area contributed by atoms with Gasteiger partial charge in [-0.3, -0.25) is 4.79 Å². The van der Waals surface area contributed by atoms with Crippen LogP contribution in [-0.2, 0) is 11.3 Å². The van der Waals surface area contributed by atoms with Crippen LogP contribution in [0.3, 0.4) is 0 Å². The summed E-state index contributed by atoms with van der Waals surface area (Å²) in [4.78, 5) is 12.0. The fourth-order valence-electron chi connectivity index (χ4n) is 2.17. The van der Waals surface area contributed by atoms with Crippen LogP contribution in [0.1, 0.15) is 5.56 Å². The standard InChI is InChI=1S/C16H17N5O3S/c1-23-12-6-3-2-5-11(12)9-18-14(22)10-25-16-20-19-15(21(16)17)13-7-4-8-24-13/h2-8H,9-10,17H2,1H3,(H,18,22). The van der Waals surface area contributed by atoms with Gasteiger partial charge in [-0.05, 0) is 18.2 Å². The van der Waals surface area contributed by atoms with E-state index in [1.807, 2.05) is 24.3 Å². The van der Waals surface area contributed by atoms with Gasteiger partial charge in [-0.1, -0.05) is 30.0 Å². The van der Waals surface area contributed by atoms with Crippen molar-refractivity contribution < 1.29 is 13.9 Å². The van der Waals surface area contributed by atoms with Crippen LogP contribution in [0.25, 0.3) is 11.6 Å². The van der Waals surface area contributed by atoms with Crippen molar-refractivity contribution in [3.05, 3.63) is 48.2 Å². The van der Waals surface area contributed by atoms with Gasteiger partial charge in [0.05, 0.1) is 19.1 Å². The summed E-state index contributed by atoms with van der Waals surface area (Å²) in [5, 5.41) is 11.2. The largest absolute Gasteiger partial charge is 0.496 e. The number of nitrogens with two attached hydrogens (primary N) is 1. The fraction of sp³-hybridized carbons (Fsp3) is 0.188. The van der Waals surface area contributed by atoms with Gasteiger partial charge in [-0.25, -0.2) is 4.68 Å². The lowest BCUT2D eigenvalue weighted by Crippen LogP contribution is -2.25. The van der Waals surface area contributed by atoms with Crippen LogP contribution in [-0.4, -0.2) is 33.6 Å². The molecule has 2 heterocycles. The summed E-state index contributed by atoms with van der Waals surface area (Å²) in [5.74, 6) is 7.63. The van der Waals surface area contributed by atoms with Gasteiger partial charge < -0.3 is 20.3 Å². The zero-order valence-corrected chi connectivity index (χ0v) is 14.3. The van der Waals surface area contributed by atoms with E-state index in [0.717, 1.165) is 11.3 Å². The SMILES string of the molecule is COc1ccccc1CNC(=O)CSc1nnc(-c2ccco2)n1N. The van der Waals surface area contributed by atoms with Crippen LogP contribution in [0.15, 0.2) is 52.2 Å². The van der Waals surface area contributed by atoms with Crippen LogP contribution in [0, 0.1) is 0 Å². The molecule has 0 aliphatic heterocycles. The number of benzene rings is 1. The smallest absolute Gasteiger partial charge is 0.230 e. The molecule has 3 aromatic rings. The number of carbonyl (C=O) groups is 1. The molecule has 1 amide bonds. The Balaban J connectivity index is 1.54. The van der Waals surface area contributed by atoms with E-state index in [0.29, 0.717) is 23.3 Å². The molecular weight excluding hydrogens is 342 g/mol. The van der Waals surface area contributed by atoms with E-state index < -0.39 is 0 Å². The van der Waals surface area contributed by atoms with Gasteiger partial charge in [0, 0.05) is 12.1 Å². The zero-order valence-electron chi connectivity index (χ0n) is 13.5. The minimum Gasteiger partial charge on any atom is -0.496 e. The number of nitrogen functional groups attached to an aromatic ring is 1. The Kier molecular flexibility index (Phi) is 5.24. The first-order valence-corrected chi connectivity index (χ1v) is 8.43. The summed E-state index contributed by atoms with van der Waals surface area (Å²) < 4.78 is 11.8. The predicted molar refractivity (Wildman–Crippen MR) is 93.4 cm³/mol. The Morgan fingerprint density at radius 3 is 2.92 bits per heavy atom. The summed E-state index contributed by atoms with van der Waals surface area (Å²) in [6.45, 7) is 0.385. The third-order valence-electron chi connectivity index (χ3n) is 3.41. The highest BCUT2D eigenvalue weighted by Crippen LogP contribution is 2.21. The monoisotopic (exact) mass is 359 g/mol. The molecule has 0 unspecified atom stereocenters. The summed E-state index contributed by atoms with van der Waals surface area (Å²) in [5.41, 5.74) is 0.908. The number of aromatic nitrogens is 3. The first kappa shape index (κ1) is 16.9. The number of hydrogen-bond acceptors (Lipinski definition) is 7. The molecular formula is C16H17N5O3S. The molecule has 3 N–H and O–H groups in total. The molecule has 0 fully saturated rings. The highest BCUT2D eigenvalue weighted by Gasteiger charge is 2.15. The van der Waals surface area contributed by atoms with E-state index in [-0.39, 0.29) is 11.7 Å². The van der Waals surface area contributed by atoms with Crippen molar-refractivity contribution >= 4 is 17.7 Å². The molecule has 8 nitrogen and oxygen atoms in total.